The summed E-state index contributed by atoms with van der Waals surface area (Å²) in [5.74, 6) is 0.993. The van der Waals surface area contributed by atoms with Crippen molar-refractivity contribution in [3.63, 3.8) is 0 Å². The zero-order valence-electron chi connectivity index (χ0n) is 9.20. The molecule has 2 aromatic rings. The molecule has 0 saturated heterocycles. The van der Waals surface area contributed by atoms with Crippen molar-refractivity contribution < 1.29 is 0 Å². The molecule has 0 spiro atoms. The lowest BCUT2D eigenvalue weighted by atomic mass is 10.1. The minimum atomic E-state index is -0.159. The van der Waals surface area contributed by atoms with E-state index in [-0.39, 0.29) is 5.54 Å². The molecule has 2 aromatic heterocycles. The minimum Gasteiger partial charge on any atom is -0.320 e. The first-order valence-corrected chi connectivity index (χ1v) is 5.99. The molecule has 1 aliphatic carbocycles. The molecule has 4 heteroatoms. The summed E-state index contributed by atoms with van der Waals surface area (Å²) in [6.45, 7) is 2.08. The first kappa shape index (κ1) is 10.1. The highest BCUT2D eigenvalue weighted by atomic mass is 35.5. The van der Waals surface area contributed by atoms with Gasteiger partial charge in [-0.25, -0.2) is 4.98 Å². The van der Waals surface area contributed by atoms with Crippen molar-refractivity contribution in [2.45, 2.75) is 31.7 Å². The summed E-state index contributed by atoms with van der Waals surface area (Å²) in [6, 6.07) is 6.07. The Kier molecular flexibility index (Phi) is 2.03. The zero-order chi connectivity index (χ0) is 11.3. The van der Waals surface area contributed by atoms with Crippen molar-refractivity contribution in [1.82, 2.24) is 9.38 Å². The van der Waals surface area contributed by atoms with E-state index in [0.29, 0.717) is 5.15 Å². The summed E-state index contributed by atoms with van der Waals surface area (Å²) in [7, 11) is 0. The summed E-state index contributed by atoms with van der Waals surface area (Å²) in [4.78, 5) is 4.38. The van der Waals surface area contributed by atoms with Crippen LogP contribution in [0, 0.1) is 0 Å². The molecule has 0 atom stereocenters. The van der Waals surface area contributed by atoms with Gasteiger partial charge in [0.2, 0.25) is 0 Å². The third-order valence-electron chi connectivity index (χ3n) is 3.30. The van der Waals surface area contributed by atoms with Crippen LogP contribution in [-0.4, -0.2) is 9.38 Å². The summed E-state index contributed by atoms with van der Waals surface area (Å²) < 4.78 is 2.12. The third-order valence-corrected chi connectivity index (χ3v) is 3.58. The number of pyridine rings is 1. The van der Waals surface area contributed by atoms with Gasteiger partial charge in [-0.2, -0.15) is 0 Å². The largest absolute Gasteiger partial charge is 0.320 e. The van der Waals surface area contributed by atoms with Gasteiger partial charge in [-0.05, 0) is 25.0 Å². The molecule has 1 fully saturated rings. The average molecular weight is 236 g/mol. The van der Waals surface area contributed by atoms with Crippen molar-refractivity contribution in [3.05, 3.63) is 34.9 Å². The van der Waals surface area contributed by atoms with Crippen LogP contribution in [0.5, 0.6) is 0 Å². The molecule has 1 aliphatic rings. The van der Waals surface area contributed by atoms with Gasteiger partial charge in [-0.1, -0.05) is 24.6 Å². The van der Waals surface area contributed by atoms with Crippen molar-refractivity contribution in [2.75, 3.05) is 0 Å². The lowest BCUT2D eigenvalue weighted by molar-refractivity contribution is 0.681. The monoisotopic (exact) mass is 235 g/mol. The van der Waals surface area contributed by atoms with Gasteiger partial charge in [-0.3, -0.25) is 4.40 Å². The van der Waals surface area contributed by atoms with Crippen LogP contribution >= 0.6 is 11.6 Å². The molecule has 16 heavy (non-hydrogen) atoms. The zero-order valence-corrected chi connectivity index (χ0v) is 9.96. The lowest BCUT2D eigenvalue weighted by Crippen LogP contribution is -2.22. The summed E-state index contributed by atoms with van der Waals surface area (Å²) in [5, 5.41) is 0.572. The van der Waals surface area contributed by atoms with E-state index in [4.69, 9.17) is 17.3 Å². The van der Waals surface area contributed by atoms with E-state index >= 15 is 0 Å². The Morgan fingerprint density at radius 3 is 2.88 bits per heavy atom. The van der Waals surface area contributed by atoms with Gasteiger partial charge in [0.15, 0.2) is 5.15 Å². The number of aromatic nitrogens is 2. The van der Waals surface area contributed by atoms with Crippen LogP contribution in [0.2, 0.25) is 5.15 Å². The molecule has 3 rings (SSSR count). The Morgan fingerprint density at radius 2 is 2.25 bits per heavy atom. The number of hydrogen-bond donors (Lipinski definition) is 1. The van der Waals surface area contributed by atoms with E-state index in [1.807, 2.05) is 12.1 Å². The second-order valence-corrected chi connectivity index (χ2v) is 4.82. The quantitative estimate of drug-likeness (QED) is 0.869. The molecular weight excluding hydrogens is 222 g/mol. The summed E-state index contributed by atoms with van der Waals surface area (Å²) in [6.07, 6.45) is 2.96. The highest BCUT2D eigenvalue weighted by Crippen LogP contribution is 2.43. The molecule has 0 unspecified atom stereocenters. The van der Waals surface area contributed by atoms with Crippen molar-refractivity contribution in [1.29, 1.82) is 0 Å². The lowest BCUT2D eigenvalue weighted by Gasteiger charge is -2.13. The minimum absolute atomic E-state index is 0.159. The van der Waals surface area contributed by atoms with E-state index in [9.17, 15) is 0 Å². The predicted octanol–water partition coefficient (Wildman–Crippen LogP) is 2.50. The van der Waals surface area contributed by atoms with E-state index in [0.717, 1.165) is 36.3 Å². The van der Waals surface area contributed by atoms with E-state index in [1.54, 1.807) is 0 Å². The van der Waals surface area contributed by atoms with E-state index < -0.39 is 0 Å². The number of rotatable bonds is 2. The molecule has 0 amide bonds. The number of aryl methyl sites for hydroxylation is 1. The van der Waals surface area contributed by atoms with Crippen LogP contribution < -0.4 is 5.73 Å². The van der Waals surface area contributed by atoms with Gasteiger partial charge >= 0.3 is 0 Å². The normalized spacial score (nSPS) is 17.9. The highest BCUT2D eigenvalue weighted by molar-refractivity contribution is 6.32. The fourth-order valence-corrected chi connectivity index (χ4v) is 2.43. The maximum Gasteiger partial charge on any atom is 0.155 e. The SMILES string of the molecule is CCc1nc(Cl)c2cccc(C3(N)CC3)n12. The molecule has 3 nitrogen and oxygen atoms in total. The number of halogens is 1. The van der Waals surface area contributed by atoms with Crippen LogP contribution in [0.1, 0.15) is 31.3 Å². The third kappa shape index (κ3) is 1.28. The number of fused-ring (bicyclic) bond motifs is 1. The van der Waals surface area contributed by atoms with Crippen LogP contribution in [0.3, 0.4) is 0 Å². The maximum atomic E-state index is 6.28. The molecule has 0 aromatic carbocycles. The molecule has 0 radical (unpaired) electrons. The standard InChI is InChI=1S/C12H14ClN3/c1-2-10-15-11(13)8-4-3-5-9(16(8)10)12(14)6-7-12/h3-5H,2,6-7,14H2,1H3. The van der Waals surface area contributed by atoms with Crippen molar-refractivity contribution in [3.8, 4) is 0 Å². The van der Waals surface area contributed by atoms with Crippen LogP contribution in [0.25, 0.3) is 5.52 Å². The van der Waals surface area contributed by atoms with Crippen LogP contribution in [-0.2, 0) is 12.0 Å². The van der Waals surface area contributed by atoms with Crippen molar-refractivity contribution >= 4 is 17.1 Å². The second kappa shape index (κ2) is 3.22. The Labute approximate surface area is 99.2 Å². The van der Waals surface area contributed by atoms with Gasteiger partial charge in [-0.15, -0.1) is 0 Å². The highest BCUT2D eigenvalue weighted by Gasteiger charge is 2.42. The Hall–Kier alpha value is -1.06. The van der Waals surface area contributed by atoms with Crippen LogP contribution in [0.4, 0.5) is 0 Å². The van der Waals surface area contributed by atoms with Crippen molar-refractivity contribution in [2.24, 2.45) is 5.73 Å². The number of nitrogens with two attached hydrogens (primary N) is 1. The maximum absolute atomic E-state index is 6.28. The van der Waals surface area contributed by atoms with Gasteiger partial charge in [0.25, 0.3) is 0 Å². The summed E-state index contributed by atoms with van der Waals surface area (Å²) >= 11 is 6.13. The molecule has 1 saturated carbocycles. The first-order chi connectivity index (χ1) is 7.65. The average Bonchev–Trinajstić information content (AvgIpc) is 2.95. The van der Waals surface area contributed by atoms with Crippen LogP contribution in [0.15, 0.2) is 18.2 Å². The van der Waals surface area contributed by atoms with E-state index in [2.05, 4.69) is 22.4 Å². The van der Waals surface area contributed by atoms with E-state index in [1.165, 1.54) is 0 Å². The molecule has 0 aliphatic heterocycles. The molecular formula is C12H14ClN3. The fourth-order valence-electron chi connectivity index (χ4n) is 2.19. The molecule has 84 valence electrons. The summed E-state index contributed by atoms with van der Waals surface area (Å²) in [5.41, 5.74) is 8.22. The van der Waals surface area contributed by atoms with Gasteiger partial charge in [0.1, 0.15) is 5.82 Å². The topological polar surface area (TPSA) is 43.3 Å². The molecule has 2 N–H and O–H groups in total. The number of imidazole rings is 1. The number of nitrogens with zero attached hydrogens (tertiary/aromatic N) is 2. The molecule has 0 bridgehead atoms. The Balaban J connectivity index is 2.36. The smallest absolute Gasteiger partial charge is 0.155 e. The molecule has 2 heterocycles. The van der Waals surface area contributed by atoms with Gasteiger partial charge in [0, 0.05) is 12.1 Å². The Morgan fingerprint density at radius 1 is 1.50 bits per heavy atom. The number of hydrogen-bond acceptors (Lipinski definition) is 2. The predicted molar refractivity (Wildman–Crippen MR) is 64.7 cm³/mol. The fraction of sp³-hybridized carbons (Fsp3) is 0.417. The second-order valence-electron chi connectivity index (χ2n) is 4.46. The van der Waals surface area contributed by atoms with Gasteiger partial charge in [0.05, 0.1) is 11.1 Å². The van der Waals surface area contributed by atoms with Gasteiger partial charge < -0.3 is 5.73 Å². The first-order valence-electron chi connectivity index (χ1n) is 5.61. The Bertz CT molecular complexity index is 555.